The monoisotopic (exact) mass is 348 g/mol. The lowest BCUT2D eigenvalue weighted by molar-refractivity contribution is 0.263. The van der Waals surface area contributed by atoms with Crippen LogP contribution in [-0.2, 0) is 18.9 Å². The first-order chi connectivity index (χ1) is 11.2. The number of fused-ring (bicyclic) bond motifs is 1. The maximum absolute atomic E-state index is 9.37. The summed E-state index contributed by atoms with van der Waals surface area (Å²) in [6.07, 6.45) is 2.73. The second-order valence-corrected chi connectivity index (χ2v) is 6.45. The molecule has 0 atom stereocenters. The number of hydrogen-bond acceptors (Lipinski definition) is 5. The van der Waals surface area contributed by atoms with Crippen molar-refractivity contribution < 1.29 is 5.11 Å². The van der Waals surface area contributed by atoms with Crippen LogP contribution in [0.4, 0.5) is 0 Å². The summed E-state index contributed by atoms with van der Waals surface area (Å²) in [5.41, 5.74) is 1.91. The van der Waals surface area contributed by atoms with Gasteiger partial charge in [0, 0.05) is 34.5 Å². The molecule has 0 aliphatic rings. The molecule has 2 heterocycles. The fourth-order valence-electron chi connectivity index (χ4n) is 2.45. The van der Waals surface area contributed by atoms with E-state index in [9.17, 15) is 5.11 Å². The smallest absolute Gasteiger partial charge is 0.191 e. The summed E-state index contributed by atoms with van der Waals surface area (Å²) in [6.45, 7) is 2.76. The molecule has 3 rings (SSSR count). The minimum atomic E-state index is -0.107. The van der Waals surface area contributed by atoms with Gasteiger partial charge in [-0.15, -0.1) is 10.2 Å². The van der Waals surface area contributed by atoms with Gasteiger partial charge in [0.2, 0.25) is 0 Å². The predicted octanol–water partition coefficient (Wildman–Crippen LogP) is 3.67. The summed E-state index contributed by atoms with van der Waals surface area (Å²) in [5, 5.41) is 20.2. The molecule has 1 aromatic carbocycles. The molecular weight excluding hydrogens is 332 g/mol. The Balaban J connectivity index is 1.89. The Bertz CT molecular complexity index is 821. The van der Waals surface area contributed by atoms with Gasteiger partial charge in [-0.05, 0) is 18.6 Å². The highest BCUT2D eigenvalue weighted by Crippen LogP contribution is 2.31. The van der Waals surface area contributed by atoms with Crippen molar-refractivity contribution in [3.63, 3.8) is 0 Å². The summed E-state index contributed by atoms with van der Waals surface area (Å²) >= 11 is 7.93. The van der Waals surface area contributed by atoms with Crippen LogP contribution in [0.5, 0.6) is 0 Å². The van der Waals surface area contributed by atoms with E-state index in [1.54, 1.807) is 18.0 Å². The third-order valence-electron chi connectivity index (χ3n) is 3.55. The Hall–Kier alpha value is -1.63. The molecule has 0 spiro atoms. The van der Waals surface area contributed by atoms with Crippen molar-refractivity contribution in [2.24, 2.45) is 0 Å². The second kappa shape index (κ2) is 7.29. The number of aliphatic hydroxyl groups is 1. The number of nitrogens with zero attached hydrogens (tertiary/aromatic N) is 4. The molecule has 0 aliphatic carbocycles. The number of pyridine rings is 1. The van der Waals surface area contributed by atoms with E-state index < -0.39 is 0 Å². The normalized spacial score (nSPS) is 11.3. The number of hydrogen-bond donors (Lipinski definition) is 1. The van der Waals surface area contributed by atoms with Crippen LogP contribution in [0.1, 0.15) is 24.7 Å². The van der Waals surface area contributed by atoms with Gasteiger partial charge >= 0.3 is 0 Å². The Kier molecular flexibility index (Phi) is 5.15. The van der Waals surface area contributed by atoms with Crippen LogP contribution in [0.3, 0.4) is 0 Å². The van der Waals surface area contributed by atoms with E-state index in [-0.39, 0.29) is 6.61 Å². The maximum Gasteiger partial charge on any atom is 0.191 e. The van der Waals surface area contributed by atoms with Crippen molar-refractivity contribution in [1.29, 1.82) is 0 Å². The molecule has 3 aromatic rings. The predicted molar refractivity (Wildman–Crippen MR) is 92.5 cm³/mol. The molecule has 0 radical (unpaired) electrons. The summed E-state index contributed by atoms with van der Waals surface area (Å²) < 4.78 is 1.96. The zero-order chi connectivity index (χ0) is 16.2. The molecule has 0 saturated heterocycles. The minimum absolute atomic E-state index is 0.107. The average molecular weight is 349 g/mol. The second-order valence-electron chi connectivity index (χ2n) is 5.10. The molecule has 23 heavy (non-hydrogen) atoms. The molecule has 7 heteroatoms. The fourth-order valence-corrected chi connectivity index (χ4v) is 3.76. The van der Waals surface area contributed by atoms with Gasteiger partial charge in [0.25, 0.3) is 0 Å². The van der Waals surface area contributed by atoms with Crippen molar-refractivity contribution in [3.05, 3.63) is 46.9 Å². The van der Waals surface area contributed by atoms with E-state index in [0.717, 1.165) is 34.6 Å². The Morgan fingerprint density at radius 1 is 1.26 bits per heavy atom. The zero-order valence-corrected chi connectivity index (χ0v) is 14.3. The van der Waals surface area contributed by atoms with Gasteiger partial charge in [-0.1, -0.05) is 42.4 Å². The zero-order valence-electron chi connectivity index (χ0n) is 12.7. The standard InChI is InChI=1S/C16H17ClN4OS/c1-2-8-21-14(9-22)19-20-16(21)23-10-12-13(17)6-5-11-4-3-7-18-15(11)12/h3-7,22H,2,8-10H2,1H3. The van der Waals surface area contributed by atoms with Crippen LogP contribution in [0.2, 0.25) is 5.02 Å². The summed E-state index contributed by atoms with van der Waals surface area (Å²) in [4.78, 5) is 4.45. The summed E-state index contributed by atoms with van der Waals surface area (Å²) in [5.74, 6) is 1.25. The van der Waals surface area contributed by atoms with Crippen molar-refractivity contribution in [2.75, 3.05) is 0 Å². The highest BCUT2D eigenvalue weighted by molar-refractivity contribution is 7.98. The minimum Gasteiger partial charge on any atom is -0.388 e. The van der Waals surface area contributed by atoms with Crippen LogP contribution in [0.15, 0.2) is 35.6 Å². The number of benzene rings is 1. The quantitative estimate of drug-likeness (QED) is 0.688. The number of aromatic nitrogens is 4. The maximum atomic E-state index is 9.37. The molecule has 0 saturated carbocycles. The lowest BCUT2D eigenvalue weighted by Crippen LogP contribution is -2.04. The average Bonchev–Trinajstić information content (AvgIpc) is 2.96. The van der Waals surface area contributed by atoms with E-state index in [4.69, 9.17) is 11.6 Å². The van der Waals surface area contributed by atoms with Crippen molar-refractivity contribution in [3.8, 4) is 0 Å². The van der Waals surface area contributed by atoms with Crippen molar-refractivity contribution in [2.45, 2.75) is 37.4 Å². The number of aliphatic hydroxyl groups excluding tert-OH is 1. The summed E-state index contributed by atoms with van der Waals surface area (Å²) in [6, 6.07) is 7.81. The first-order valence-corrected chi connectivity index (χ1v) is 8.78. The molecule has 5 nitrogen and oxygen atoms in total. The summed E-state index contributed by atoms with van der Waals surface area (Å²) in [7, 11) is 0. The van der Waals surface area contributed by atoms with Gasteiger partial charge < -0.3 is 9.67 Å². The van der Waals surface area contributed by atoms with Crippen LogP contribution in [0, 0.1) is 0 Å². The lowest BCUT2D eigenvalue weighted by Gasteiger charge is -2.09. The molecule has 0 fully saturated rings. The molecular formula is C16H17ClN4OS. The number of rotatable bonds is 6. The van der Waals surface area contributed by atoms with Crippen molar-refractivity contribution >= 4 is 34.3 Å². The molecule has 2 aromatic heterocycles. The van der Waals surface area contributed by atoms with Gasteiger partial charge in [-0.3, -0.25) is 4.98 Å². The van der Waals surface area contributed by atoms with Gasteiger partial charge in [0.1, 0.15) is 6.61 Å². The van der Waals surface area contributed by atoms with Crippen LogP contribution in [0.25, 0.3) is 10.9 Å². The molecule has 0 amide bonds. The highest BCUT2D eigenvalue weighted by atomic mass is 35.5. The highest BCUT2D eigenvalue weighted by Gasteiger charge is 2.14. The first kappa shape index (κ1) is 16.2. The topological polar surface area (TPSA) is 63.8 Å². The van der Waals surface area contributed by atoms with Gasteiger partial charge in [0.15, 0.2) is 11.0 Å². The molecule has 1 N–H and O–H groups in total. The van der Waals surface area contributed by atoms with E-state index >= 15 is 0 Å². The molecule has 0 unspecified atom stereocenters. The van der Waals surface area contributed by atoms with Gasteiger partial charge in [-0.2, -0.15) is 0 Å². The fraction of sp³-hybridized carbons (Fsp3) is 0.312. The molecule has 0 bridgehead atoms. The van der Waals surface area contributed by atoms with E-state index in [1.165, 1.54) is 0 Å². The largest absolute Gasteiger partial charge is 0.388 e. The number of halogens is 1. The first-order valence-electron chi connectivity index (χ1n) is 7.42. The van der Waals surface area contributed by atoms with E-state index in [1.807, 2.05) is 28.8 Å². The Labute approximate surface area is 143 Å². The molecule has 120 valence electrons. The Morgan fingerprint density at radius 2 is 2.13 bits per heavy atom. The van der Waals surface area contributed by atoms with E-state index in [2.05, 4.69) is 22.1 Å². The van der Waals surface area contributed by atoms with Crippen LogP contribution >= 0.6 is 23.4 Å². The number of thioether (sulfide) groups is 1. The van der Waals surface area contributed by atoms with Gasteiger partial charge in [-0.25, -0.2) is 0 Å². The molecule has 0 aliphatic heterocycles. The lowest BCUT2D eigenvalue weighted by atomic mass is 10.1. The van der Waals surface area contributed by atoms with Crippen molar-refractivity contribution in [1.82, 2.24) is 19.7 Å². The Morgan fingerprint density at radius 3 is 2.91 bits per heavy atom. The van der Waals surface area contributed by atoms with Crippen LogP contribution < -0.4 is 0 Å². The third kappa shape index (κ3) is 3.34. The third-order valence-corrected chi connectivity index (χ3v) is 4.90. The van der Waals surface area contributed by atoms with E-state index in [0.29, 0.717) is 16.6 Å². The van der Waals surface area contributed by atoms with Gasteiger partial charge in [0.05, 0.1) is 5.52 Å². The SMILES string of the molecule is CCCn1c(CO)nnc1SCc1c(Cl)ccc2cccnc12. The van der Waals surface area contributed by atoms with Crippen LogP contribution in [-0.4, -0.2) is 24.9 Å².